The second kappa shape index (κ2) is 7.25. The predicted molar refractivity (Wildman–Crippen MR) is 105 cm³/mol. The van der Waals surface area contributed by atoms with Gasteiger partial charge >= 0.3 is 5.97 Å². The zero-order valence-corrected chi connectivity index (χ0v) is 16.3. The number of carbonyl (C=O) groups is 2. The molecule has 0 saturated heterocycles. The van der Waals surface area contributed by atoms with Gasteiger partial charge in [-0.15, -0.1) is 0 Å². The van der Waals surface area contributed by atoms with Gasteiger partial charge in [-0.3, -0.25) is 13.9 Å². The minimum atomic E-state index is -3.86. The highest BCUT2D eigenvalue weighted by atomic mass is 32.2. The van der Waals surface area contributed by atoms with Crippen LogP contribution in [0, 0.1) is 0 Å². The Morgan fingerprint density at radius 1 is 1.14 bits per heavy atom. The normalized spacial score (nSPS) is 15.3. The number of benzene rings is 2. The molecule has 0 spiro atoms. The first-order chi connectivity index (χ1) is 13.9. The van der Waals surface area contributed by atoms with E-state index in [0.717, 1.165) is 9.69 Å². The number of carbonyl (C=O) groups excluding carboxylic acids is 2. The van der Waals surface area contributed by atoms with E-state index < -0.39 is 35.1 Å². The zero-order chi connectivity index (χ0) is 20.6. The number of furan rings is 1. The summed E-state index contributed by atoms with van der Waals surface area (Å²) >= 11 is 0. The van der Waals surface area contributed by atoms with Crippen LogP contribution in [0.2, 0.25) is 0 Å². The quantitative estimate of drug-likeness (QED) is 0.621. The Hall–Kier alpha value is -3.33. The minimum Gasteiger partial charge on any atom is -0.467 e. The number of sulfonamides is 1. The Morgan fingerprint density at radius 3 is 2.62 bits per heavy atom. The van der Waals surface area contributed by atoms with Crippen LogP contribution in [-0.4, -0.2) is 33.4 Å². The lowest BCUT2D eigenvalue weighted by molar-refractivity contribution is -0.147. The van der Waals surface area contributed by atoms with Gasteiger partial charge < -0.3 is 14.5 Å². The number of ether oxygens (including phenoxy) is 1. The van der Waals surface area contributed by atoms with Gasteiger partial charge in [-0.25, -0.2) is 8.42 Å². The van der Waals surface area contributed by atoms with Gasteiger partial charge in [0.2, 0.25) is 0 Å². The van der Waals surface area contributed by atoms with Crippen LogP contribution in [0.3, 0.4) is 0 Å². The molecule has 1 amide bonds. The van der Waals surface area contributed by atoms with Gasteiger partial charge in [0.25, 0.3) is 15.9 Å². The van der Waals surface area contributed by atoms with Gasteiger partial charge in [0.1, 0.15) is 12.3 Å². The summed E-state index contributed by atoms with van der Waals surface area (Å²) in [6, 6.07) is 13.2. The van der Waals surface area contributed by atoms with Crippen LogP contribution in [0.15, 0.2) is 64.1 Å². The third-order valence-electron chi connectivity index (χ3n) is 4.67. The molecule has 4 rings (SSSR count). The fourth-order valence-corrected chi connectivity index (χ4v) is 4.98. The summed E-state index contributed by atoms with van der Waals surface area (Å²) < 4.78 is 36.9. The third kappa shape index (κ3) is 3.44. The van der Waals surface area contributed by atoms with Crippen LogP contribution < -0.4 is 9.62 Å². The van der Waals surface area contributed by atoms with Gasteiger partial charge in [0, 0.05) is 5.39 Å². The number of rotatable bonds is 6. The molecule has 1 aromatic heterocycles. The maximum Gasteiger partial charge on any atom is 0.327 e. The summed E-state index contributed by atoms with van der Waals surface area (Å²) in [5.41, 5.74) is 0.422. The Kier molecular flexibility index (Phi) is 4.75. The van der Waals surface area contributed by atoms with E-state index in [1.807, 2.05) is 12.1 Å². The number of nitrogens with one attached hydrogen (secondary N) is 1. The monoisotopic (exact) mass is 414 g/mol. The van der Waals surface area contributed by atoms with Gasteiger partial charge in [0.15, 0.2) is 6.61 Å². The number of esters is 1. The molecule has 0 saturated carbocycles. The van der Waals surface area contributed by atoms with E-state index in [2.05, 4.69) is 5.32 Å². The molecule has 1 N–H and O–H groups in total. The summed E-state index contributed by atoms with van der Waals surface area (Å²) in [5, 5.41) is 3.98. The summed E-state index contributed by atoms with van der Waals surface area (Å²) in [6.45, 7) is 0.694. The molecule has 0 radical (unpaired) electrons. The lowest BCUT2D eigenvalue weighted by Crippen LogP contribution is -2.36. The summed E-state index contributed by atoms with van der Waals surface area (Å²) in [5.74, 6) is -0.769. The summed E-state index contributed by atoms with van der Waals surface area (Å²) in [6.07, 6.45) is 1.49. The molecule has 1 aliphatic rings. The first-order valence-corrected chi connectivity index (χ1v) is 10.3. The highest BCUT2D eigenvalue weighted by Crippen LogP contribution is 2.41. The maximum atomic E-state index is 12.8. The Morgan fingerprint density at radius 2 is 1.90 bits per heavy atom. The first kappa shape index (κ1) is 19.0. The van der Waals surface area contributed by atoms with Crippen molar-refractivity contribution in [2.45, 2.75) is 17.9 Å². The van der Waals surface area contributed by atoms with E-state index in [-0.39, 0.29) is 10.9 Å². The molecule has 0 unspecified atom stereocenters. The van der Waals surface area contributed by atoms with E-state index in [4.69, 9.17) is 9.15 Å². The molecule has 1 atom stereocenters. The number of amides is 1. The molecule has 2 aromatic carbocycles. The van der Waals surface area contributed by atoms with Crippen LogP contribution in [0.1, 0.15) is 18.7 Å². The molecular formula is C20H18N2O6S. The average Bonchev–Trinajstić information content (AvgIpc) is 3.30. The van der Waals surface area contributed by atoms with E-state index in [1.165, 1.54) is 12.3 Å². The Labute approximate surface area is 167 Å². The molecule has 3 aromatic rings. The lowest BCUT2D eigenvalue weighted by atomic mass is 10.1. The molecular weight excluding hydrogens is 396 g/mol. The van der Waals surface area contributed by atoms with Crippen molar-refractivity contribution in [3.8, 4) is 0 Å². The largest absolute Gasteiger partial charge is 0.467 e. The Bertz CT molecular complexity index is 1180. The summed E-state index contributed by atoms with van der Waals surface area (Å²) in [7, 11) is -3.86. The molecule has 1 aliphatic heterocycles. The first-order valence-electron chi connectivity index (χ1n) is 8.91. The van der Waals surface area contributed by atoms with Crippen molar-refractivity contribution in [1.29, 1.82) is 0 Å². The van der Waals surface area contributed by atoms with Crippen molar-refractivity contribution in [3.05, 3.63) is 60.6 Å². The second-order valence-corrected chi connectivity index (χ2v) is 8.44. The van der Waals surface area contributed by atoms with Gasteiger partial charge in [-0.2, -0.15) is 0 Å². The highest BCUT2D eigenvalue weighted by molar-refractivity contribution is 7.93. The van der Waals surface area contributed by atoms with Crippen LogP contribution in [0.5, 0.6) is 0 Å². The number of nitrogens with zero attached hydrogens (tertiary/aromatic N) is 1. The van der Waals surface area contributed by atoms with Crippen molar-refractivity contribution in [2.24, 2.45) is 0 Å². The van der Waals surface area contributed by atoms with Gasteiger partial charge in [-0.05, 0) is 36.6 Å². The van der Waals surface area contributed by atoms with Crippen LogP contribution in [0.4, 0.5) is 5.69 Å². The predicted octanol–water partition coefficient (Wildman–Crippen LogP) is 2.36. The second-order valence-electron chi connectivity index (χ2n) is 6.61. The average molecular weight is 414 g/mol. The van der Waals surface area contributed by atoms with Crippen LogP contribution in [0.25, 0.3) is 10.8 Å². The summed E-state index contributed by atoms with van der Waals surface area (Å²) in [4.78, 5) is 24.4. The van der Waals surface area contributed by atoms with Crippen molar-refractivity contribution < 1.29 is 27.2 Å². The maximum absolute atomic E-state index is 12.8. The highest BCUT2D eigenvalue weighted by Gasteiger charge is 2.37. The van der Waals surface area contributed by atoms with Gasteiger partial charge in [-0.1, -0.05) is 24.3 Å². The molecule has 8 nitrogen and oxygen atoms in total. The molecule has 2 heterocycles. The number of hydrogen-bond acceptors (Lipinski definition) is 6. The van der Waals surface area contributed by atoms with E-state index in [0.29, 0.717) is 16.8 Å². The van der Waals surface area contributed by atoms with Crippen molar-refractivity contribution in [1.82, 2.24) is 5.32 Å². The minimum absolute atomic E-state index is 0.156. The lowest BCUT2D eigenvalue weighted by Gasteiger charge is -2.18. The molecule has 0 aliphatic carbocycles. The van der Waals surface area contributed by atoms with Crippen molar-refractivity contribution >= 4 is 38.4 Å². The third-order valence-corrected chi connectivity index (χ3v) is 6.47. The standard InChI is InChI=1S/C20H18N2O6S/c1-13(16-8-4-10-27-16)21-18(23)12-28-19(24)11-22-15-7-2-5-14-6-3-9-17(20(14)15)29(22,25)26/h2-10,13H,11-12H2,1H3,(H,21,23)/t13-/m1/s1. The zero-order valence-electron chi connectivity index (χ0n) is 15.5. The molecule has 9 heteroatoms. The molecule has 29 heavy (non-hydrogen) atoms. The van der Waals surface area contributed by atoms with Crippen LogP contribution in [-0.2, 0) is 24.3 Å². The van der Waals surface area contributed by atoms with E-state index in [9.17, 15) is 18.0 Å². The van der Waals surface area contributed by atoms with Crippen molar-refractivity contribution in [2.75, 3.05) is 17.5 Å². The van der Waals surface area contributed by atoms with Crippen molar-refractivity contribution in [3.63, 3.8) is 0 Å². The fraction of sp³-hybridized carbons (Fsp3) is 0.200. The van der Waals surface area contributed by atoms with E-state index >= 15 is 0 Å². The smallest absolute Gasteiger partial charge is 0.327 e. The van der Waals surface area contributed by atoms with Gasteiger partial charge in [0.05, 0.1) is 22.9 Å². The number of hydrogen-bond donors (Lipinski definition) is 1. The number of anilines is 1. The molecule has 0 fully saturated rings. The molecule has 0 bridgehead atoms. The SMILES string of the molecule is C[C@@H](NC(=O)COC(=O)CN1c2cccc3cccc(c23)S1(=O)=O)c1ccco1. The fourth-order valence-electron chi connectivity index (χ4n) is 3.33. The molecule has 150 valence electrons. The Balaban J connectivity index is 1.42. The van der Waals surface area contributed by atoms with E-state index in [1.54, 1.807) is 37.3 Å². The topological polar surface area (TPSA) is 106 Å². The van der Waals surface area contributed by atoms with Crippen LogP contribution >= 0.6 is 0 Å².